The van der Waals surface area contributed by atoms with Gasteiger partial charge in [0, 0.05) is 18.1 Å². The summed E-state index contributed by atoms with van der Waals surface area (Å²) in [5, 5.41) is 8.83. The quantitative estimate of drug-likeness (QED) is 0.814. The van der Waals surface area contributed by atoms with Gasteiger partial charge in [-0.25, -0.2) is 4.39 Å². The maximum atomic E-state index is 13.5. The lowest BCUT2D eigenvalue weighted by Gasteiger charge is -2.16. The van der Waals surface area contributed by atoms with Gasteiger partial charge >= 0.3 is 5.97 Å². The van der Waals surface area contributed by atoms with Gasteiger partial charge in [-0.15, -0.1) is 0 Å². The van der Waals surface area contributed by atoms with Crippen molar-refractivity contribution < 1.29 is 23.8 Å². The van der Waals surface area contributed by atoms with Gasteiger partial charge in [-0.05, 0) is 18.9 Å². The minimum absolute atomic E-state index is 0.00843. The zero-order valence-electron chi connectivity index (χ0n) is 10.6. The fraction of sp³-hybridized carbons (Fsp3) is 0.462. The number of rotatable bonds is 6. The van der Waals surface area contributed by atoms with E-state index in [2.05, 4.69) is 0 Å². The molecule has 2 rings (SSSR count). The van der Waals surface area contributed by atoms with Gasteiger partial charge in [-0.3, -0.25) is 4.79 Å². The summed E-state index contributed by atoms with van der Waals surface area (Å²) in [6.45, 7) is 0. The van der Waals surface area contributed by atoms with Gasteiger partial charge in [0.1, 0.15) is 11.9 Å². The Morgan fingerprint density at radius 1 is 1.58 bits per heavy atom. The number of hydrogen-bond acceptors (Lipinski definition) is 4. The lowest BCUT2D eigenvalue weighted by molar-refractivity contribution is -0.138. The number of benzene rings is 1. The maximum absolute atomic E-state index is 13.5. The minimum Gasteiger partial charge on any atom is -0.493 e. The standard InChI is InChI=1S/C13H16FNO4/c1-18-11-6-8(14)4-7(5-10(15)13(16)17)12(11)19-9-2-3-9/h4,6,9-10H,2-3,5,15H2,1H3,(H,16,17). The number of ether oxygens (including phenoxy) is 2. The number of hydrogen-bond donors (Lipinski definition) is 2. The zero-order chi connectivity index (χ0) is 14.0. The lowest BCUT2D eigenvalue weighted by atomic mass is 10.0. The van der Waals surface area contributed by atoms with Crippen LogP contribution in [0.3, 0.4) is 0 Å². The van der Waals surface area contributed by atoms with E-state index in [1.165, 1.54) is 19.2 Å². The molecule has 1 fully saturated rings. The molecule has 0 radical (unpaired) electrons. The molecule has 0 bridgehead atoms. The maximum Gasteiger partial charge on any atom is 0.320 e. The fourth-order valence-electron chi connectivity index (χ4n) is 1.74. The Morgan fingerprint density at radius 2 is 2.26 bits per heavy atom. The number of nitrogens with two attached hydrogens (primary N) is 1. The average molecular weight is 269 g/mol. The first-order valence-corrected chi connectivity index (χ1v) is 6.02. The van der Waals surface area contributed by atoms with Crippen LogP contribution in [0.25, 0.3) is 0 Å². The number of carbonyl (C=O) groups is 1. The highest BCUT2D eigenvalue weighted by molar-refractivity contribution is 5.73. The van der Waals surface area contributed by atoms with Gasteiger partial charge in [0.25, 0.3) is 0 Å². The molecule has 1 saturated carbocycles. The molecule has 19 heavy (non-hydrogen) atoms. The molecule has 0 amide bonds. The Morgan fingerprint density at radius 3 is 2.79 bits per heavy atom. The normalized spacial score (nSPS) is 15.9. The van der Waals surface area contributed by atoms with Crippen LogP contribution in [0.15, 0.2) is 12.1 Å². The van der Waals surface area contributed by atoms with Crippen molar-refractivity contribution in [3.8, 4) is 11.5 Å². The third-order valence-corrected chi connectivity index (χ3v) is 2.88. The molecule has 1 aliphatic carbocycles. The smallest absolute Gasteiger partial charge is 0.320 e. The van der Waals surface area contributed by atoms with E-state index in [1.54, 1.807) is 0 Å². The second-order valence-electron chi connectivity index (χ2n) is 4.56. The summed E-state index contributed by atoms with van der Waals surface area (Å²) in [5.74, 6) is -0.990. The Balaban J connectivity index is 2.31. The minimum atomic E-state index is -1.14. The van der Waals surface area contributed by atoms with E-state index in [1.807, 2.05) is 0 Å². The van der Waals surface area contributed by atoms with E-state index in [4.69, 9.17) is 20.3 Å². The zero-order valence-corrected chi connectivity index (χ0v) is 10.6. The van der Waals surface area contributed by atoms with Gasteiger partial charge in [0.05, 0.1) is 13.2 Å². The van der Waals surface area contributed by atoms with Crippen LogP contribution in [0.4, 0.5) is 4.39 Å². The number of carboxylic acids is 1. The van der Waals surface area contributed by atoms with Crippen molar-refractivity contribution in [3.63, 3.8) is 0 Å². The number of carboxylic acid groups (broad SMARTS) is 1. The van der Waals surface area contributed by atoms with Crippen LogP contribution in [-0.2, 0) is 11.2 Å². The molecule has 5 nitrogen and oxygen atoms in total. The summed E-state index contributed by atoms with van der Waals surface area (Å²) in [6, 6.07) is 1.35. The van der Waals surface area contributed by atoms with Crippen molar-refractivity contribution in [2.45, 2.75) is 31.4 Å². The van der Waals surface area contributed by atoms with Gasteiger partial charge in [0.15, 0.2) is 11.5 Å². The van der Waals surface area contributed by atoms with Crippen LogP contribution in [0.2, 0.25) is 0 Å². The van der Waals surface area contributed by atoms with Gasteiger partial charge < -0.3 is 20.3 Å². The SMILES string of the molecule is COc1cc(F)cc(CC(N)C(=O)O)c1OC1CC1. The Bertz CT molecular complexity index is 488. The highest BCUT2D eigenvalue weighted by Crippen LogP contribution is 2.37. The van der Waals surface area contributed by atoms with E-state index in [9.17, 15) is 9.18 Å². The first-order valence-electron chi connectivity index (χ1n) is 6.02. The van der Waals surface area contributed by atoms with E-state index in [0.29, 0.717) is 11.3 Å². The Hall–Kier alpha value is -1.82. The summed E-state index contributed by atoms with van der Waals surface area (Å²) >= 11 is 0. The monoisotopic (exact) mass is 269 g/mol. The molecule has 0 saturated heterocycles. The molecule has 1 aliphatic rings. The largest absolute Gasteiger partial charge is 0.493 e. The molecule has 0 aromatic heterocycles. The molecular formula is C13H16FNO4. The van der Waals surface area contributed by atoms with Crippen molar-refractivity contribution in [1.82, 2.24) is 0 Å². The molecule has 0 aliphatic heterocycles. The van der Waals surface area contributed by atoms with Crippen LogP contribution >= 0.6 is 0 Å². The van der Waals surface area contributed by atoms with Crippen LogP contribution in [0.5, 0.6) is 11.5 Å². The fourth-order valence-corrected chi connectivity index (χ4v) is 1.74. The summed E-state index contributed by atoms with van der Waals surface area (Å²) in [6.07, 6.45) is 1.96. The molecule has 6 heteroatoms. The first kappa shape index (κ1) is 13.6. The molecule has 1 unspecified atom stereocenters. The van der Waals surface area contributed by atoms with Gasteiger partial charge in [-0.2, -0.15) is 0 Å². The summed E-state index contributed by atoms with van der Waals surface area (Å²) in [5.41, 5.74) is 5.90. The van der Waals surface area contributed by atoms with Crippen LogP contribution in [0, 0.1) is 5.82 Å². The van der Waals surface area contributed by atoms with Crippen LogP contribution < -0.4 is 15.2 Å². The van der Waals surface area contributed by atoms with Gasteiger partial charge in [-0.1, -0.05) is 0 Å². The Labute approximate surface area is 110 Å². The second-order valence-corrected chi connectivity index (χ2v) is 4.56. The van der Waals surface area contributed by atoms with Crippen LogP contribution in [-0.4, -0.2) is 30.3 Å². The average Bonchev–Trinajstić information content (AvgIpc) is 3.15. The highest BCUT2D eigenvalue weighted by atomic mass is 19.1. The Kier molecular flexibility index (Phi) is 3.90. The van der Waals surface area contributed by atoms with Crippen molar-refractivity contribution in [1.29, 1.82) is 0 Å². The molecule has 0 spiro atoms. The molecule has 1 aromatic rings. The van der Waals surface area contributed by atoms with Gasteiger partial charge in [0.2, 0.25) is 0 Å². The molecular weight excluding hydrogens is 253 g/mol. The second kappa shape index (κ2) is 5.44. The number of halogens is 1. The number of aliphatic carboxylic acids is 1. The summed E-state index contributed by atoms with van der Waals surface area (Å²) < 4.78 is 24.2. The molecule has 0 heterocycles. The summed E-state index contributed by atoms with van der Waals surface area (Å²) in [7, 11) is 1.41. The third-order valence-electron chi connectivity index (χ3n) is 2.88. The predicted octanol–water partition coefficient (Wildman–Crippen LogP) is 1.33. The predicted molar refractivity (Wildman–Crippen MR) is 65.9 cm³/mol. The molecule has 1 aromatic carbocycles. The van der Waals surface area contributed by atoms with Crippen molar-refractivity contribution in [2.75, 3.05) is 7.11 Å². The van der Waals surface area contributed by atoms with E-state index in [-0.39, 0.29) is 18.3 Å². The molecule has 3 N–H and O–H groups in total. The van der Waals surface area contributed by atoms with Crippen molar-refractivity contribution in [2.24, 2.45) is 5.73 Å². The van der Waals surface area contributed by atoms with E-state index in [0.717, 1.165) is 12.8 Å². The molecule has 1 atom stereocenters. The number of methoxy groups -OCH3 is 1. The topological polar surface area (TPSA) is 81.8 Å². The van der Waals surface area contributed by atoms with E-state index < -0.39 is 17.8 Å². The van der Waals surface area contributed by atoms with Crippen LogP contribution in [0.1, 0.15) is 18.4 Å². The summed E-state index contributed by atoms with van der Waals surface area (Å²) in [4.78, 5) is 10.8. The van der Waals surface area contributed by atoms with E-state index >= 15 is 0 Å². The first-order chi connectivity index (χ1) is 9.01. The lowest BCUT2D eigenvalue weighted by Crippen LogP contribution is -2.32. The van der Waals surface area contributed by atoms with Crippen molar-refractivity contribution >= 4 is 5.97 Å². The van der Waals surface area contributed by atoms with Crippen molar-refractivity contribution in [3.05, 3.63) is 23.5 Å². The molecule has 104 valence electrons. The highest BCUT2D eigenvalue weighted by Gasteiger charge is 2.27. The third kappa shape index (κ3) is 3.35.